The summed E-state index contributed by atoms with van der Waals surface area (Å²) in [6.07, 6.45) is 4.02. The summed E-state index contributed by atoms with van der Waals surface area (Å²) in [7, 11) is 0. The molecule has 1 aromatic carbocycles. The predicted octanol–water partition coefficient (Wildman–Crippen LogP) is 3.50. The zero-order valence-corrected chi connectivity index (χ0v) is 11.2. The van der Waals surface area contributed by atoms with E-state index in [1.165, 1.54) is 18.9 Å². The van der Waals surface area contributed by atoms with Gasteiger partial charge in [0.15, 0.2) is 0 Å². The van der Waals surface area contributed by atoms with Gasteiger partial charge in [0.1, 0.15) is 12.1 Å². The van der Waals surface area contributed by atoms with Gasteiger partial charge in [0.2, 0.25) is 5.89 Å². The van der Waals surface area contributed by atoms with Gasteiger partial charge < -0.3 is 9.73 Å². The van der Waals surface area contributed by atoms with Crippen molar-refractivity contribution < 1.29 is 8.81 Å². The largest absolute Gasteiger partial charge is 0.444 e. The fraction of sp³-hybridized carbons (Fsp3) is 0.308. The number of halogens is 2. The van der Waals surface area contributed by atoms with Crippen molar-refractivity contribution in [2.24, 2.45) is 0 Å². The second kappa shape index (κ2) is 4.82. The maximum atomic E-state index is 13.7. The molecule has 0 atom stereocenters. The Balaban J connectivity index is 1.83. The van der Waals surface area contributed by atoms with Gasteiger partial charge in [0, 0.05) is 17.1 Å². The minimum Gasteiger partial charge on any atom is -0.444 e. The lowest BCUT2D eigenvalue weighted by Crippen LogP contribution is -2.15. The van der Waals surface area contributed by atoms with E-state index in [2.05, 4.69) is 26.2 Å². The summed E-state index contributed by atoms with van der Waals surface area (Å²) < 4.78 is 19.7. The van der Waals surface area contributed by atoms with Gasteiger partial charge in [-0.05, 0) is 40.9 Å². The van der Waals surface area contributed by atoms with Crippen LogP contribution in [-0.2, 0) is 6.54 Å². The van der Waals surface area contributed by atoms with Crippen LogP contribution in [0.25, 0.3) is 11.5 Å². The van der Waals surface area contributed by atoms with Crippen LogP contribution in [0, 0.1) is 5.82 Å². The summed E-state index contributed by atoms with van der Waals surface area (Å²) in [5, 5.41) is 3.34. The van der Waals surface area contributed by atoms with E-state index < -0.39 is 0 Å². The molecule has 3 rings (SSSR count). The van der Waals surface area contributed by atoms with Gasteiger partial charge in [0.05, 0.1) is 11.3 Å². The quantitative estimate of drug-likeness (QED) is 0.939. The summed E-state index contributed by atoms with van der Waals surface area (Å²) in [5.74, 6) is -0.0273. The summed E-state index contributed by atoms with van der Waals surface area (Å²) in [6, 6.07) is 5.42. The Kier molecular flexibility index (Phi) is 3.18. The van der Waals surface area contributed by atoms with Crippen molar-refractivity contribution in [2.75, 3.05) is 0 Å². The van der Waals surface area contributed by atoms with Crippen molar-refractivity contribution >= 4 is 15.9 Å². The van der Waals surface area contributed by atoms with Crippen LogP contribution in [0.15, 0.2) is 33.4 Å². The first kappa shape index (κ1) is 11.9. The molecule has 1 aliphatic rings. The maximum absolute atomic E-state index is 13.7. The lowest BCUT2D eigenvalue weighted by molar-refractivity contribution is 0.558. The molecule has 0 radical (unpaired) electrons. The molecule has 94 valence electrons. The zero-order chi connectivity index (χ0) is 12.5. The lowest BCUT2D eigenvalue weighted by atomic mass is 10.2. The summed E-state index contributed by atoms with van der Waals surface area (Å²) in [6.45, 7) is 0.667. The van der Waals surface area contributed by atoms with Crippen LogP contribution in [0.2, 0.25) is 0 Å². The zero-order valence-electron chi connectivity index (χ0n) is 9.62. The van der Waals surface area contributed by atoms with Crippen LogP contribution < -0.4 is 5.32 Å². The van der Waals surface area contributed by atoms with Crippen LogP contribution in [-0.4, -0.2) is 11.0 Å². The highest BCUT2D eigenvalue weighted by molar-refractivity contribution is 9.10. The van der Waals surface area contributed by atoms with Crippen molar-refractivity contribution in [3.8, 4) is 11.5 Å². The molecule has 2 aromatic rings. The molecular weight excluding hydrogens is 299 g/mol. The highest BCUT2D eigenvalue weighted by Crippen LogP contribution is 2.30. The second-order valence-electron chi connectivity index (χ2n) is 4.40. The predicted molar refractivity (Wildman–Crippen MR) is 69.5 cm³/mol. The van der Waals surface area contributed by atoms with Gasteiger partial charge in [-0.25, -0.2) is 9.37 Å². The number of rotatable bonds is 4. The van der Waals surface area contributed by atoms with Crippen LogP contribution >= 0.6 is 15.9 Å². The van der Waals surface area contributed by atoms with Crippen LogP contribution in [0.4, 0.5) is 4.39 Å². The molecular formula is C13H12BrFN2O. The maximum Gasteiger partial charge on any atom is 0.230 e. The molecule has 1 heterocycles. The molecule has 1 saturated carbocycles. The third kappa shape index (κ3) is 2.47. The number of aromatic nitrogens is 1. The second-order valence-corrected chi connectivity index (χ2v) is 5.25. The number of benzene rings is 1. The van der Waals surface area contributed by atoms with E-state index in [0.29, 0.717) is 28.5 Å². The Hall–Kier alpha value is -1.20. The molecule has 0 bridgehead atoms. The topological polar surface area (TPSA) is 38.1 Å². The molecule has 0 amide bonds. The minimum absolute atomic E-state index is 0.313. The molecule has 0 spiro atoms. The fourth-order valence-electron chi connectivity index (χ4n) is 1.74. The lowest BCUT2D eigenvalue weighted by Gasteiger charge is -2.00. The van der Waals surface area contributed by atoms with Gasteiger partial charge in [0.25, 0.3) is 0 Å². The van der Waals surface area contributed by atoms with E-state index in [9.17, 15) is 4.39 Å². The summed E-state index contributed by atoms with van der Waals surface area (Å²) >= 11 is 3.31. The Bertz CT molecular complexity index is 546. The summed E-state index contributed by atoms with van der Waals surface area (Å²) in [5.41, 5.74) is 1.17. The molecule has 0 aliphatic heterocycles. The molecule has 0 saturated heterocycles. The standard InChI is InChI=1S/C13H12BrFN2O/c14-10-2-1-3-11(15)12(10)13-17-9(7-18-13)6-16-8-4-5-8/h1-3,7-8,16H,4-6H2. The van der Waals surface area contributed by atoms with E-state index in [1.807, 2.05) is 0 Å². The third-order valence-electron chi connectivity index (χ3n) is 2.88. The first-order chi connectivity index (χ1) is 8.74. The van der Waals surface area contributed by atoms with Crippen molar-refractivity contribution in [3.05, 3.63) is 40.4 Å². The molecule has 0 unspecified atom stereocenters. The van der Waals surface area contributed by atoms with Gasteiger partial charge in [-0.15, -0.1) is 0 Å². The van der Waals surface area contributed by atoms with Crippen molar-refractivity contribution in [2.45, 2.75) is 25.4 Å². The molecule has 18 heavy (non-hydrogen) atoms. The van der Waals surface area contributed by atoms with Crippen molar-refractivity contribution in [1.82, 2.24) is 10.3 Å². The van der Waals surface area contributed by atoms with Gasteiger partial charge in [-0.2, -0.15) is 0 Å². The fourth-order valence-corrected chi connectivity index (χ4v) is 2.25. The molecule has 1 aliphatic carbocycles. The van der Waals surface area contributed by atoms with Crippen LogP contribution in [0.3, 0.4) is 0 Å². The van der Waals surface area contributed by atoms with Crippen LogP contribution in [0.1, 0.15) is 18.5 Å². The smallest absolute Gasteiger partial charge is 0.230 e. The third-order valence-corrected chi connectivity index (χ3v) is 3.54. The Morgan fingerprint density at radius 2 is 2.28 bits per heavy atom. The van der Waals surface area contributed by atoms with E-state index in [4.69, 9.17) is 4.42 Å². The highest BCUT2D eigenvalue weighted by Gasteiger charge is 2.21. The van der Waals surface area contributed by atoms with Gasteiger partial charge in [-0.1, -0.05) is 6.07 Å². The van der Waals surface area contributed by atoms with Crippen LogP contribution in [0.5, 0.6) is 0 Å². The Morgan fingerprint density at radius 1 is 1.44 bits per heavy atom. The molecule has 1 N–H and O–H groups in total. The Morgan fingerprint density at radius 3 is 3.00 bits per heavy atom. The SMILES string of the molecule is Fc1cccc(Br)c1-c1nc(CNC2CC2)co1. The molecule has 3 nitrogen and oxygen atoms in total. The normalized spacial score (nSPS) is 15.0. The number of oxazole rings is 1. The van der Waals surface area contributed by atoms with Gasteiger partial charge in [-0.3, -0.25) is 0 Å². The number of hydrogen-bond acceptors (Lipinski definition) is 3. The van der Waals surface area contributed by atoms with Crippen molar-refractivity contribution in [3.63, 3.8) is 0 Å². The molecule has 1 aromatic heterocycles. The average molecular weight is 311 g/mol. The molecule has 5 heteroatoms. The van der Waals surface area contributed by atoms with E-state index in [-0.39, 0.29) is 5.82 Å². The van der Waals surface area contributed by atoms with Gasteiger partial charge >= 0.3 is 0 Å². The Labute approximate surface area is 113 Å². The summed E-state index contributed by atoms with van der Waals surface area (Å²) in [4.78, 5) is 4.30. The minimum atomic E-state index is -0.340. The average Bonchev–Trinajstić information content (AvgIpc) is 3.06. The van der Waals surface area contributed by atoms with E-state index >= 15 is 0 Å². The van der Waals surface area contributed by atoms with E-state index in [0.717, 1.165) is 5.69 Å². The monoisotopic (exact) mass is 310 g/mol. The molecule has 1 fully saturated rings. The number of nitrogens with zero attached hydrogens (tertiary/aromatic N) is 1. The highest BCUT2D eigenvalue weighted by atomic mass is 79.9. The van der Waals surface area contributed by atoms with Crippen molar-refractivity contribution in [1.29, 1.82) is 0 Å². The van der Waals surface area contributed by atoms with E-state index in [1.54, 1.807) is 18.4 Å². The number of hydrogen-bond donors (Lipinski definition) is 1. The first-order valence-electron chi connectivity index (χ1n) is 5.86. The number of nitrogens with one attached hydrogen (secondary N) is 1. The first-order valence-corrected chi connectivity index (χ1v) is 6.65.